The summed E-state index contributed by atoms with van der Waals surface area (Å²) in [6, 6.07) is 4.77. The maximum Gasteiger partial charge on any atom is 0.586 e. The van der Waals surface area contributed by atoms with E-state index in [1.807, 2.05) is 20.8 Å². The highest BCUT2D eigenvalue weighted by Gasteiger charge is 2.43. The second-order valence-corrected chi connectivity index (χ2v) is 5.54. The number of hydrogen-bond donors (Lipinski definition) is 1. The molecule has 1 aliphatic heterocycles. The summed E-state index contributed by atoms with van der Waals surface area (Å²) in [4.78, 5) is 0. The number of nitrogens with one attached hydrogen (secondary N) is 1. The first-order valence-corrected chi connectivity index (χ1v) is 6.42. The number of rotatable bonds is 5. The van der Waals surface area contributed by atoms with Gasteiger partial charge in [-0.2, -0.15) is 0 Å². The van der Waals surface area contributed by atoms with Gasteiger partial charge in [-0.25, -0.2) is 0 Å². The van der Waals surface area contributed by atoms with E-state index < -0.39 is 6.29 Å². The van der Waals surface area contributed by atoms with Gasteiger partial charge in [0.2, 0.25) is 0 Å². The number of alkyl halides is 2. The normalized spacial score (nSPS) is 17.9. The van der Waals surface area contributed by atoms with Crippen molar-refractivity contribution in [1.82, 2.24) is 0 Å². The van der Waals surface area contributed by atoms with E-state index in [2.05, 4.69) is 14.8 Å². The van der Waals surface area contributed by atoms with Gasteiger partial charge in [-0.1, -0.05) is 0 Å². The first-order chi connectivity index (χ1) is 9.21. The molecule has 1 aromatic rings. The third kappa shape index (κ3) is 3.50. The van der Waals surface area contributed by atoms with Crippen LogP contribution in [0.15, 0.2) is 18.2 Å². The highest BCUT2D eigenvalue weighted by molar-refractivity contribution is 5.56. The summed E-state index contributed by atoms with van der Waals surface area (Å²) in [6.07, 6.45) is -2.81. The Hall–Kier alpha value is -1.56. The molecule has 0 saturated heterocycles. The van der Waals surface area contributed by atoms with Crippen molar-refractivity contribution in [3.05, 3.63) is 18.2 Å². The maximum absolute atomic E-state index is 12.9. The standard InChI is InChI=1S/C14H19F2NO3/c1-9(8-13(2,3)18-4)17-10-5-6-11-12(7-10)20-14(15,16)19-11/h5-7,9,17H,8H2,1-4H3. The van der Waals surface area contributed by atoms with Crippen molar-refractivity contribution >= 4 is 5.69 Å². The lowest BCUT2D eigenvalue weighted by Gasteiger charge is -2.27. The molecule has 0 bridgehead atoms. The predicted molar refractivity (Wildman–Crippen MR) is 71.4 cm³/mol. The monoisotopic (exact) mass is 287 g/mol. The molecule has 0 saturated carbocycles. The van der Waals surface area contributed by atoms with E-state index in [-0.39, 0.29) is 23.1 Å². The molecule has 4 nitrogen and oxygen atoms in total. The Balaban J connectivity index is 2.02. The van der Waals surface area contributed by atoms with E-state index in [0.717, 1.165) is 6.42 Å². The van der Waals surface area contributed by atoms with Crippen LogP contribution in [0.4, 0.5) is 14.5 Å². The maximum atomic E-state index is 12.9. The van der Waals surface area contributed by atoms with E-state index in [1.165, 1.54) is 12.1 Å². The molecule has 0 radical (unpaired) electrons. The number of anilines is 1. The van der Waals surface area contributed by atoms with Crippen LogP contribution in [0.2, 0.25) is 0 Å². The summed E-state index contributed by atoms with van der Waals surface area (Å²) in [6.45, 7) is 5.98. The SMILES string of the molecule is COC(C)(C)CC(C)Nc1ccc2c(c1)OC(F)(F)O2. The summed E-state index contributed by atoms with van der Waals surface area (Å²) < 4.78 is 40.0. The van der Waals surface area contributed by atoms with Crippen molar-refractivity contribution in [1.29, 1.82) is 0 Å². The summed E-state index contributed by atoms with van der Waals surface area (Å²) in [5, 5.41) is 3.23. The molecule has 20 heavy (non-hydrogen) atoms. The molecule has 1 aliphatic rings. The fraction of sp³-hybridized carbons (Fsp3) is 0.571. The van der Waals surface area contributed by atoms with Gasteiger partial charge in [0, 0.05) is 24.9 Å². The predicted octanol–water partition coefficient (Wildman–Crippen LogP) is 3.62. The lowest BCUT2D eigenvalue weighted by Crippen LogP contribution is -2.31. The molecule has 2 rings (SSSR count). The topological polar surface area (TPSA) is 39.7 Å². The average molecular weight is 287 g/mol. The van der Waals surface area contributed by atoms with Gasteiger partial charge in [-0.05, 0) is 39.3 Å². The smallest absolute Gasteiger partial charge is 0.395 e. The summed E-state index contributed by atoms with van der Waals surface area (Å²) in [5.74, 6) is 0.0867. The van der Waals surface area contributed by atoms with Crippen LogP contribution in [0.1, 0.15) is 27.2 Å². The highest BCUT2D eigenvalue weighted by atomic mass is 19.3. The van der Waals surface area contributed by atoms with Gasteiger partial charge in [0.15, 0.2) is 11.5 Å². The Morgan fingerprint density at radius 2 is 1.95 bits per heavy atom. The zero-order chi connectivity index (χ0) is 15.0. The van der Waals surface area contributed by atoms with Crippen molar-refractivity contribution in [2.75, 3.05) is 12.4 Å². The van der Waals surface area contributed by atoms with Gasteiger partial charge >= 0.3 is 6.29 Å². The molecular formula is C14H19F2NO3. The molecule has 112 valence electrons. The second kappa shape index (κ2) is 5.09. The second-order valence-electron chi connectivity index (χ2n) is 5.54. The number of ether oxygens (including phenoxy) is 3. The summed E-state index contributed by atoms with van der Waals surface area (Å²) in [7, 11) is 1.66. The summed E-state index contributed by atoms with van der Waals surface area (Å²) >= 11 is 0. The lowest BCUT2D eigenvalue weighted by atomic mass is 9.99. The van der Waals surface area contributed by atoms with Crippen molar-refractivity contribution in [3.63, 3.8) is 0 Å². The van der Waals surface area contributed by atoms with Gasteiger partial charge in [0.1, 0.15) is 0 Å². The minimum Gasteiger partial charge on any atom is -0.395 e. The van der Waals surface area contributed by atoms with E-state index in [1.54, 1.807) is 13.2 Å². The van der Waals surface area contributed by atoms with Crippen LogP contribution in [0, 0.1) is 0 Å². The average Bonchev–Trinajstić information content (AvgIpc) is 2.61. The van der Waals surface area contributed by atoms with Gasteiger partial charge in [-0.3, -0.25) is 0 Å². The van der Waals surface area contributed by atoms with E-state index in [9.17, 15) is 8.78 Å². The quantitative estimate of drug-likeness (QED) is 0.897. The first-order valence-electron chi connectivity index (χ1n) is 6.42. The van der Waals surface area contributed by atoms with Crippen LogP contribution in [0.5, 0.6) is 11.5 Å². The number of halogens is 2. The Kier molecular flexibility index (Phi) is 3.77. The highest BCUT2D eigenvalue weighted by Crippen LogP contribution is 2.42. The van der Waals surface area contributed by atoms with Crippen molar-refractivity contribution in [2.24, 2.45) is 0 Å². The molecule has 1 aromatic carbocycles. The minimum absolute atomic E-state index is 0.0400. The van der Waals surface area contributed by atoms with Crippen molar-refractivity contribution < 1.29 is 23.0 Å². The van der Waals surface area contributed by atoms with Crippen LogP contribution in [-0.2, 0) is 4.74 Å². The fourth-order valence-corrected chi connectivity index (χ4v) is 2.20. The molecule has 1 atom stereocenters. The lowest BCUT2D eigenvalue weighted by molar-refractivity contribution is -0.286. The number of benzene rings is 1. The van der Waals surface area contributed by atoms with E-state index in [0.29, 0.717) is 5.69 Å². The Morgan fingerprint density at radius 1 is 1.30 bits per heavy atom. The van der Waals surface area contributed by atoms with Crippen LogP contribution in [0.25, 0.3) is 0 Å². The van der Waals surface area contributed by atoms with Gasteiger partial charge < -0.3 is 19.5 Å². The van der Waals surface area contributed by atoms with Crippen molar-refractivity contribution in [2.45, 2.75) is 45.1 Å². The Labute approximate surface area is 117 Å². The Morgan fingerprint density at radius 3 is 2.60 bits per heavy atom. The van der Waals surface area contributed by atoms with Gasteiger partial charge in [0.25, 0.3) is 0 Å². The molecule has 1 heterocycles. The van der Waals surface area contributed by atoms with Crippen LogP contribution < -0.4 is 14.8 Å². The zero-order valence-electron chi connectivity index (χ0n) is 12.0. The number of methoxy groups -OCH3 is 1. The zero-order valence-corrected chi connectivity index (χ0v) is 12.0. The first kappa shape index (κ1) is 14.8. The fourth-order valence-electron chi connectivity index (χ4n) is 2.20. The molecule has 1 unspecified atom stereocenters. The minimum atomic E-state index is -3.58. The van der Waals surface area contributed by atoms with Gasteiger partial charge in [-0.15, -0.1) is 8.78 Å². The van der Waals surface area contributed by atoms with Crippen LogP contribution in [-0.4, -0.2) is 25.0 Å². The third-order valence-corrected chi connectivity index (χ3v) is 3.16. The van der Waals surface area contributed by atoms with Crippen molar-refractivity contribution in [3.8, 4) is 11.5 Å². The molecule has 0 amide bonds. The molecular weight excluding hydrogens is 268 g/mol. The molecule has 1 N–H and O–H groups in total. The number of fused-ring (bicyclic) bond motifs is 1. The number of hydrogen-bond acceptors (Lipinski definition) is 4. The molecule has 0 aromatic heterocycles. The molecule has 0 fully saturated rings. The largest absolute Gasteiger partial charge is 0.586 e. The molecule has 0 aliphatic carbocycles. The summed E-state index contributed by atoms with van der Waals surface area (Å²) in [5.41, 5.74) is 0.444. The van der Waals surface area contributed by atoms with Crippen LogP contribution in [0.3, 0.4) is 0 Å². The Bertz CT molecular complexity index is 491. The molecule has 0 spiro atoms. The third-order valence-electron chi connectivity index (χ3n) is 3.16. The van der Waals surface area contributed by atoms with E-state index >= 15 is 0 Å². The molecule has 6 heteroatoms. The van der Waals surface area contributed by atoms with Crippen LogP contribution >= 0.6 is 0 Å². The van der Waals surface area contributed by atoms with E-state index in [4.69, 9.17) is 4.74 Å². The van der Waals surface area contributed by atoms with Gasteiger partial charge in [0.05, 0.1) is 5.60 Å².